The summed E-state index contributed by atoms with van der Waals surface area (Å²) in [5, 5.41) is 7.21. The largest absolute Gasteiger partial charge is 0.449 e. The Bertz CT molecular complexity index is 852. The van der Waals surface area contributed by atoms with E-state index in [9.17, 15) is 4.79 Å². The SMILES string of the molecule is CCCCNc1c(C(=O)Nc2cccc(C)c2)oc2ccccc12. The Morgan fingerprint density at radius 2 is 1.96 bits per heavy atom. The number of fused-ring (bicyclic) bond motifs is 1. The summed E-state index contributed by atoms with van der Waals surface area (Å²) < 4.78 is 5.82. The smallest absolute Gasteiger partial charge is 0.293 e. The van der Waals surface area contributed by atoms with Crippen molar-refractivity contribution in [3.05, 3.63) is 59.9 Å². The van der Waals surface area contributed by atoms with Gasteiger partial charge in [0.25, 0.3) is 5.91 Å². The van der Waals surface area contributed by atoms with E-state index < -0.39 is 0 Å². The molecule has 0 atom stereocenters. The Morgan fingerprint density at radius 1 is 1.12 bits per heavy atom. The second kappa shape index (κ2) is 7.21. The van der Waals surface area contributed by atoms with Crippen molar-refractivity contribution in [1.82, 2.24) is 0 Å². The maximum absolute atomic E-state index is 12.7. The molecule has 0 fully saturated rings. The molecule has 3 aromatic rings. The van der Waals surface area contributed by atoms with Crippen LogP contribution in [0.25, 0.3) is 11.0 Å². The zero-order valence-corrected chi connectivity index (χ0v) is 14.1. The number of para-hydroxylation sites is 1. The van der Waals surface area contributed by atoms with E-state index in [4.69, 9.17) is 4.42 Å². The number of amides is 1. The molecule has 4 heteroatoms. The van der Waals surface area contributed by atoms with Gasteiger partial charge in [0.2, 0.25) is 5.76 Å². The fraction of sp³-hybridized carbons (Fsp3) is 0.250. The molecule has 1 heterocycles. The topological polar surface area (TPSA) is 54.3 Å². The first-order valence-corrected chi connectivity index (χ1v) is 8.32. The molecule has 1 aromatic heterocycles. The summed E-state index contributed by atoms with van der Waals surface area (Å²) in [6.45, 7) is 4.94. The highest BCUT2D eigenvalue weighted by Crippen LogP contribution is 2.31. The number of aryl methyl sites for hydroxylation is 1. The fourth-order valence-electron chi connectivity index (χ4n) is 2.68. The maximum atomic E-state index is 12.7. The molecule has 3 rings (SSSR count). The highest BCUT2D eigenvalue weighted by atomic mass is 16.3. The lowest BCUT2D eigenvalue weighted by Crippen LogP contribution is -2.14. The standard InChI is InChI=1S/C20H22N2O2/c1-3-4-12-21-18-16-10-5-6-11-17(16)24-19(18)20(23)22-15-9-7-8-14(2)13-15/h5-11,13,21H,3-4,12H2,1-2H3,(H,22,23). The number of hydrogen-bond donors (Lipinski definition) is 2. The number of furan rings is 1. The van der Waals surface area contributed by atoms with Crippen molar-refractivity contribution in [2.75, 3.05) is 17.2 Å². The molecule has 0 aliphatic rings. The number of benzene rings is 2. The highest BCUT2D eigenvalue weighted by molar-refractivity contribution is 6.11. The quantitative estimate of drug-likeness (QED) is 0.613. The normalized spacial score (nSPS) is 10.8. The summed E-state index contributed by atoms with van der Waals surface area (Å²) in [5.74, 6) is 0.0876. The number of carbonyl (C=O) groups is 1. The highest BCUT2D eigenvalue weighted by Gasteiger charge is 2.20. The lowest BCUT2D eigenvalue weighted by Gasteiger charge is -2.08. The molecule has 2 N–H and O–H groups in total. The lowest BCUT2D eigenvalue weighted by atomic mass is 10.2. The van der Waals surface area contributed by atoms with E-state index >= 15 is 0 Å². The first kappa shape index (κ1) is 16.1. The predicted molar refractivity (Wildman–Crippen MR) is 98.7 cm³/mol. The van der Waals surface area contributed by atoms with Gasteiger partial charge in [-0.1, -0.05) is 37.6 Å². The van der Waals surface area contributed by atoms with E-state index in [-0.39, 0.29) is 5.91 Å². The molecule has 0 aliphatic heterocycles. The fourth-order valence-corrected chi connectivity index (χ4v) is 2.68. The van der Waals surface area contributed by atoms with Crippen molar-refractivity contribution in [2.24, 2.45) is 0 Å². The minimum Gasteiger partial charge on any atom is -0.449 e. The second-order valence-electron chi connectivity index (χ2n) is 5.91. The third-order valence-corrected chi connectivity index (χ3v) is 3.91. The van der Waals surface area contributed by atoms with Gasteiger partial charge in [0.05, 0.1) is 5.69 Å². The summed E-state index contributed by atoms with van der Waals surface area (Å²) in [7, 11) is 0. The molecule has 0 saturated carbocycles. The van der Waals surface area contributed by atoms with Crippen LogP contribution in [0.3, 0.4) is 0 Å². The van der Waals surface area contributed by atoms with Crippen LogP contribution < -0.4 is 10.6 Å². The van der Waals surface area contributed by atoms with Crippen molar-refractivity contribution >= 4 is 28.3 Å². The Labute approximate surface area is 141 Å². The van der Waals surface area contributed by atoms with Gasteiger partial charge in [-0.3, -0.25) is 4.79 Å². The van der Waals surface area contributed by atoms with Crippen LogP contribution in [0.2, 0.25) is 0 Å². The van der Waals surface area contributed by atoms with Crippen LogP contribution in [0.1, 0.15) is 35.9 Å². The molecule has 0 radical (unpaired) electrons. The Kier molecular flexibility index (Phi) is 4.85. The lowest BCUT2D eigenvalue weighted by molar-refractivity contribution is 0.0999. The minimum absolute atomic E-state index is 0.240. The van der Waals surface area contributed by atoms with Crippen molar-refractivity contribution in [2.45, 2.75) is 26.7 Å². The first-order valence-electron chi connectivity index (χ1n) is 8.32. The van der Waals surface area contributed by atoms with Gasteiger partial charge >= 0.3 is 0 Å². The molecule has 0 bridgehead atoms. The van der Waals surface area contributed by atoms with E-state index in [0.717, 1.165) is 41.7 Å². The van der Waals surface area contributed by atoms with Crippen molar-refractivity contribution < 1.29 is 9.21 Å². The summed E-state index contributed by atoms with van der Waals surface area (Å²) >= 11 is 0. The molecule has 4 nitrogen and oxygen atoms in total. The van der Waals surface area contributed by atoms with E-state index in [1.54, 1.807) is 0 Å². The molecular formula is C20H22N2O2. The molecule has 24 heavy (non-hydrogen) atoms. The van der Waals surface area contributed by atoms with E-state index in [0.29, 0.717) is 11.3 Å². The van der Waals surface area contributed by atoms with Gasteiger partial charge in [-0.05, 0) is 43.2 Å². The first-order chi connectivity index (χ1) is 11.7. The molecule has 0 spiro atoms. The third kappa shape index (κ3) is 3.43. The Hall–Kier alpha value is -2.75. The molecular weight excluding hydrogens is 300 g/mol. The zero-order valence-electron chi connectivity index (χ0n) is 14.1. The van der Waals surface area contributed by atoms with Crippen molar-refractivity contribution in [3.63, 3.8) is 0 Å². The summed E-state index contributed by atoms with van der Waals surface area (Å²) in [4.78, 5) is 12.7. The molecule has 1 amide bonds. The molecule has 0 aliphatic carbocycles. The number of carbonyl (C=O) groups excluding carboxylic acids is 1. The number of unbranched alkanes of at least 4 members (excludes halogenated alkanes) is 1. The third-order valence-electron chi connectivity index (χ3n) is 3.91. The summed E-state index contributed by atoms with van der Waals surface area (Å²) in [6, 6.07) is 15.4. The van der Waals surface area contributed by atoms with Crippen LogP contribution in [-0.4, -0.2) is 12.5 Å². The van der Waals surface area contributed by atoms with Gasteiger partial charge in [-0.15, -0.1) is 0 Å². The van der Waals surface area contributed by atoms with Crippen LogP contribution >= 0.6 is 0 Å². The Morgan fingerprint density at radius 3 is 2.75 bits per heavy atom. The van der Waals surface area contributed by atoms with Gasteiger partial charge in [-0.2, -0.15) is 0 Å². The Balaban J connectivity index is 1.91. The van der Waals surface area contributed by atoms with Gasteiger partial charge in [0, 0.05) is 17.6 Å². The van der Waals surface area contributed by atoms with Crippen LogP contribution in [0.5, 0.6) is 0 Å². The molecule has 0 unspecified atom stereocenters. The molecule has 0 saturated heterocycles. The summed E-state index contributed by atoms with van der Waals surface area (Å²) in [6.07, 6.45) is 2.13. The second-order valence-corrected chi connectivity index (χ2v) is 5.91. The van der Waals surface area contributed by atoms with Crippen molar-refractivity contribution in [3.8, 4) is 0 Å². The van der Waals surface area contributed by atoms with Crippen LogP contribution in [0.4, 0.5) is 11.4 Å². The van der Waals surface area contributed by atoms with E-state index in [1.807, 2.05) is 55.5 Å². The number of anilines is 2. The number of nitrogens with one attached hydrogen (secondary N) is 2. The minimum atomic E-state index is -0.240. The summed E-state index contributed by atoms with van der Waals surface area (Å²) in [5.41, 5.74) is 3.34. The van der Waals surface area contributed by atoms with Gasteiger partial charge in [0.15, 0.2) is 0 Å². The van der Waals surface area contributed by atoms with Gasteiger partial charge < -0.3 is 15.1 Å². The van der Waals surface area contributed by atoms with Gasteiger partial charge in [-0.25, -0.2) is 0 Å². The van der Waals surface area contributed by atoms with E-state index in [1.165, 1.54) is 0 Å². The average Bonchev–Trinajstić information content (AvgIpc) is 2.94. The average molecular weight is 322 g/mol. The van der Waals surface area contributed by atoms with E-state index in [2.05, 4.69) is 17.6 Å². The molecule has 2 aromatic carbocycles. The van der Waals surface area contributed by atoms with Crippen LogP contribution in [0, 0.1) is 6.92 Å². The zero-order chi connectivity index (χ0) is 16.9. The van der Waals surface area contributed by atoms with Crippen LogP contribution in [0.15, 0.2) is 52.9 Å². The van der Waals surface area contributed by atoms with Gasteiger partial charge in [0.1, 0.15) is 5.58 Å². The molecule has 124 valence electrons. The monoisotopic (exact) mass is 322 g/mol. The predicted octanol–water partition coefficient (Wildman–Crippen LogP) is 5.21. The number of hydrogen-bond acceptors (Lipinski definition) is 3. The van der Waals surface area contributed by atoms with Crippen molar-refractivity contribution in [1.29, 1.82) is 0 Å². The van der Waals surface area contributed by atoms with Crippen LogP contribution in [-0.2, 0) is 0 Å². The maximum Gasteiger partial charge on any atom is 0.293 e. The number of rotatable bonds is 6.